The molecule has 0 spiro atoms. The predicted octanol–water partition coefficient (Wildman–Crippen LogP) is 4.56. The van der Waals surface area contributed by atoms with Crippen LogP contribution in [0.1, 0.15) is 84.0 Å². The van der Waals surface area contributed by atoms with Crippen molar-refractivity contribution >= 4 is 17.9 Å². The number of hydrogen-bond donors (Lipinski definition) is 2. The number of nitrogens with one attached hydrogen (secondary N) is 1. The molecule has 1 unspecified atom stereocenters. The zero-order chi connectivity index (χ0) is 24.0. The van der Waals surface area contributed by atoms with Crippen molar-refractivity contribution in [2.45, 2.75) is 96.2 Å². The fourth-order valence-corrected chi connectivity index (χ4v) is 3.90. The molecule has 2 heterocycles. The molecule has 0 bridgehead atoms. The van der Waals surface area contributed by atoms with Gasteiger partial charge in [-0.3, -0.25) is 9.69 Å². The number of alkyl halides is 3. The van der Waals surface area contributed by atoms with Gasteiger partial charge >= 0.3 is 18.2 Å². The maximum absolute atomic E-state index is 12.3. The summed E-state index contributed by atoms with van der Waals surface area (Å²) in [5.41, 5.74) is 0. The van der Waals surface area contributed by atoms with Crippen LogP contribution >= 0.6 is 0 Å². The van der Waals surface area contributed by atoms with Crippen LogP contribution in [0.15, 0.2) is 0 Å². The van der Waals surface area contributed by atoms with E-state index in [-0.39, 0.29) is 18.0 Å². The summed E-state index contributed by atoms with van der Waals surface area (Å²) in [4.78, 5) is 36.7. The summed E-state index contributed by atoms with van der Waals surface area (Å²) in [6.07, 6.45) is 10.5. The number of piperazine rings is 1. The van der Waals surface area contributed by atoms with Gasteiger partial charge in [0.15, 0.2) is 0 Å². The maximum Gasteiger partial charge on any atom is 0.490 e. The highest BCUT2D eigenvalue weighted by atomic mass is 19.4. The van der Waals surface area contributed by atoms with Gasteiger partial charge in [-0.05, 0) is 6.42 Å². The fourth-order valence-electron chi connectivity index (χ4n) is 3.90. The molecule has 0 aliphatic carbocycles. The second-order valence-corrected chi connectivity index (χ2v) is 8.38. The van der Waals surface area contributed by atoms with Gasteiger partial charge in [0.2, 0.25) is 0 Å². The molecule has 2 saturated heterocycles. The number of hydrogen-bond acceptors (Lipinski definition) is 4. The van der Waals surface area contributed by atoms with Crippen LogP contribution < -0.4 is 5.32 Å². The van der Waals surface area contributed by atoms with Crippen LogP contribution in [0, 0.1) is 0 Å². The molecule has 186 valence electrons. The molecule has 0 aromatic heterocycles. The van der Waals surface area contributed by atoms with Gasteiger partial charge in [0.25, 0.3) is 5.91 Å². The Morgan fingerprint density at radius 1 is 0.969 bits per heavy atom. The number of nitrogens with zero attached hydrogens (tertiary/aromatic N) is 2. The second-order valence-electron chi connectivity index (χ2n) is 8.38. The summed E-state index contributed by atoms with van der Waals surface area (Å²) >= 11 is 0. The van der Waals surface area contributed by atoms with Crippen LogP contribution in [-0.2, 0) is 9.59 Å². The number of rotatable bonds is 13. The van der Waals surface area contributed by atoms with Crippen molar-refractivity contribution in [3.63, 3.8) is 0 Å². The van der Waals surface area contributed by atoms with Crippen LogP contribution in [0.2, 0.25) is 0 Å². The molecule has 2 fully saturated rings. The van der Waals surface area contributed by atoms with Gasteiger partial charge < -0.3 is 15.3 Å². The first kappa shape index (κ1) is 28.2. The lowest BCUT2D eigenvalue weighted by Gasteiger charge is -2.26. The molecule has 3 amide bonds. The van der Waals surface area contributed by atoms with E-state index in [4.69, 9.17) is 9.90 Å². The van der Waals surface area contributed by atoms with Crippen LogP contribution in [-0.4, -0.2) is 71.2 Å². The molecule has 0 saturated carbocycles. The average Bonchev–Trinajstić information content (AvgIpc) is 2.99. The minimum Gasteiger partial charge on any atom is -0.475 e. The van der Waals surface area contributed by atoms with E-state index in [0.29, 0.717) is 19.6 Å². The van der Waals surface area contributed by atoms with Crippen LogP contribution in [0.25, 0.3) is 0 Å². The molecule has 0 aromatic rings. The molecule has 32 heavy (non-hydrogen) atoms. The van der Waals surface area contributed by atoms with Gasteiger partial charge in [-0.1, -0.05) is 77.6 Å². The number of unbranched alkanes of at least 4 members (excludes halogenated alkanes) is 11. The standard InChI is InChI=1S/C20H37N3O2.C2HF3O2/c1-2-3-4-5-6-7-8-9-10-11-12-13-15-23-19(24)18-17-21-14-16-22(18)20(23)25;3-2(4,5)1(6)7/h18,21H,2-17H2,1H3;(H,6,7). The third-order valence-electron chi connectivity index (χ3n) is 5.75. The van der Waals surface area contributed by atoms with Crippen molar-refractivity contribution in [2.75, 3.05) is 26.2 Å². The Balaban J connectivity index is 0.000000633. The van der Waals surface area contributed by atoms with Gasteiger partial charge in [-0.15, -0.1) is 0 Å². The van der Waals surface area contributed by atoms with Crippen LogP contribution in [0.4, 0.5) is 18.0 Å². The van der Waals surface area contributed by atoms with E-state index in [1.165, 1.54) is 69.1 Å². The molecular formula is C22H38F3N3O4. The molecule has 2 N–H and O–H groups in total. The molecule has 0 radical (unpaired) electrons. The number of fused-ring (bicyclic) bond motifs is 1. The Labute approximate surface area is 188 Å². The third kappa shape index (κ3) is 10.2. The van der Waals surface area contributed by atoms with Crippen molar-refractivity contribution in [3.8, 4) is 0 Å². The Bertz CT molecular complexity index is 563. The smallest absolute Gasteiger partial charge is 0.475 e. The van der Waals surface area contributed by atoms with Gasteiger partial charge in [0.05, 0.1) is 0 Å². The molecule has 7 nitrogen and oxygen atoms in total. The van der Waals surface area contributed by atoms with E-state index in [1.54, 1.807) is 4.90 Å². The zero-order valence-electron chi connectivity index (χ0n) is 19.1. The number of carbonyl (C=O) groups excluding carboxylic acids is 2. The fraction of sp³-hybridized carbons (Fsp3) is 0.864. The van der Waals surface area contributed by atoms with Gasteiger partial charge in [-0.2, -0.15) is 13.2 Å². The lowest BCUT2D eigenvalue weighted by atomic mass is 10.1. The molecule has 2 rings (SSSR count). The minimum atomic E-state index is -5.08. The van der Waals surface area contributed by atoms with Crippen molar-refractivity contribution in [1.82, 2.24) is 15.1 Å². The SMILES string of the molecule is CCCCCCCCCCCCCCN1C(=O)C2CNCCN2C1=O.O=C(O)C(F)(F)F. The highest BCUT2D eigenvalue weighted by Crippen LogP contribution is 2.20. The number of carbonyl (C=O) groups is 3. The number of amides is 3. The number of urea groups is 1. The van der Waals surface area contributed by atoms with Crippen molar-refractivity contribution in [2.24, 2.45) is 0 Å². The van der Waals surface area contributed by atoms with E-state index >= 15 is 0 Å². The van der Waals surface area contributed by atoms with Crippen molar-refractivity contribution < 1.29 is 32.7 Å². The van der Waals surface area contributed by atoms with E-state index in [9.17, 15) is 22.8 Å². The molecule has 10 heteroatoms. The normalized spacial score (nSPS) is 18.4. The summed E-state index contributed by atoms with van der Waals surface area (Å²) in [5.74, 6) is -2.76. The third-order valence-corrected chi connectivity index (χ3v) is 5.75. The highest BCUT2D eigenvalue weighted by Gasteiger charge is 2.45. The topological polar surface area (TPSA) is 90.0 Å². The zero-order valence-corrected chi connectivity index (χ0v) is 19.1. The number of carboxylic acid groups (broad SMARTS) is 1. The van der Waals surface area contributed by atoms with E-state index in [1.807, 2.05) is 0 Å². The summed E-state index contributed by atoms with van der Waals surface area (Å²) in [7, 11) is 0. The Morgan fingerprint density at radius 3 is 1.88 bits per heavy atom. The number of carboxylic acids is 1. The van der Waals surface area contributed by atoms with Gasteiger partial charge in [0.1, 0.15) is 6.04 Å². The number of imide groups is 1. The van der Waals surface area contributed by atoms with Crippen LogP contribution in [0.5, 0.6) is 0 Å². The molecular weight excluding hydrogens is 427 g/mol. The Hall–Kier alpha value is -1.84. The lowest BCUT2D eigenvalue weighted by molar-refractivity contribution is -0.192. The average molecular weight is 466 g/mol. The van der Waals surface area contributed by atoms with Crippen LogP contribution in [0.3, 0.4) is 0 Å². The van der Waals surface area contributed by atoms with E-state index in [0.717, 1.165) is 19.4 Å². The number of aliphatic carboxylic acids is 1. The second kappa shape index (κ2) is 15.1. The first-order valence-electron chi connectivity index (χ1n) is 11.8. The highest BCUT2D eigenvalue weighted by molar-refractivity contribution is 6.04. The summed E-state index contributed by atoms with van der Waals surface area (Å²) in [5, 5.41) is 10.3. The van der Waals surface area contributed by atoms with Gasteiger partial charge in [0, 0.05) is 26.2 Å². The molecule has 1 atom stereocenters. The molecule has 2 aliphatic heterocycles. The Kier molecular flexibility index (Phi) is 13.3. The molecule has 2 aliphatic rings. The largest absolute Gasteiger partial charge is 0.490 e. The van der Waals surface area contributed by atoms with E-state index in [2.05, 4.69) is 12.2 Å². The first-order chi connectivity index (χ1) is 15.2. The predicted molar refractivity (Wildman–Crippen MR) is 115 cm³/mol. The molecule has 0 aromatic carbocycles. The summed E-state index contributed by atoms with van der Waals surface area (Å²) in [6, 6.07) is -0.321. The monoisotopic (exact) mass is 465 g/mol. The van der Waals surface area contributed by atoms with Crippen molar-refractivity contribution in [1.29, 1.82) is 0 Å². The lowest BCUT2D eigenvalue weighted by Crippen LogP contribution is -2.51. The first-order valence-corrected chi connectivity index (χ1v) is 11.8. The minimum absolute atomic E-state index is 0.000253. The Morgan fingerprint density at radius 2 is 1.44 bits per heavy atom. The summed E-state index contributed by atoms with van der Waals surface area (Å²) in [6.45, 7) is 4.92. The maximum atomic E-state index is 12.3. The van der Waals surface area contributed by atoms with Crippen molar-refractivity contribution in [3.05, 3.63) is 0 Å². The van der Waals surface area contributed by atoms with Gasteiger partial charge in [-0.25, -0.2) is 9.59 Å². The summed E-state index contributed by atoms with van der Waals surface area (Å²) < 4.78 is 31.7. The number of halogens is 3. The van der Waals surface area contributed by atoms with E-state index < -0.39 is 12.1 Å². The quantitative estimate of drug-likeness (QED) is 0.308.